The van der Waals surface area contributed by atoms with Crippen LogP contribution in [-0.2, 0) is 10.2 Å². The van der Waals surface area contributed by atoms with E-state index >= 15 is 0 Å². The van der Waals surface area contributed by atoms with Crippen LogP contribution in [0.2, 0.25) is 0 Å². The maximum atomic E-state index is 14.2. The number of rotatable bonds is 3. The summed E-state index contributed by atoms with van der Waals surface area (Å²) in [5, 5.41) is 9.19. The summed E-state index contributed by atoms with van der Waals surface area (Å²) in [5.74, 6) is -3.67. The predicted molar refractivity (Wildman–Crippen MR) is 70.3 cm³/mol. The average Bonchev–Trinajstić information content (AvgIpc) is 3.23. The number of carboxylic acid groups (broad SMARTS) is 1. The van der Waals surface area contributed by atoms with Crippen molar-refractivity contribution in [3.05, 3.63) is 59.4 Å². The molecule has 2 aromatic carbocycles. The van der Waals surface area contributed by atoms with Crippen molar-refractivity contribution in [2.45, 2.75) is 18.3 Å². The number of carboxylic acids is 1. The zero-order valence-electron chi connectivity index (χ0n) is 10.9. The van der Waals surface area contributed by atoms with Gasteiger partial charge >= 0.3 is 5.97 Å². The molecule has 5 heteroatoms. The van der Waals surface area contributed by atoms with Gasteiger partial charge in [0.2, 0.25) is 0 Å². The first-order chi connectivity index (χ1) is 9.94. The Balaban J connectivity index is 2.02. The topological polar surface area (TPSA) is 37.3 Å². The molecule has 2 aromatic rings. The van der Waals surface area contributed by atoms with Crippen molar-refractivity contribution < 1.29 is 23.1 Å². The molecular weight excluding hydrogens is 281 g/mol. The van der Waals surface area contributed by atoms with Gasteiger partial charge in [0.25, 0.3) is 0 Å². The van der Waals surface area contributed by atoms with Crippen LogP contribution in [0, 0.1) is 17.5 Å². The Hall–Kier alpha value is -2.30. The maximum Gasteiger partial charge on any atom is 0.314 e. The van der Waals surface area contributed by atoms with Crippen molar-refractivity contribution >= 4 is 5.97 Å². The summed E-state index contributed by atoms with van der Waals surface area (Å²) in [5.41, 5.74) is -0.274. The van der Waals surface area contributed by atoms with Gasteiger partial charge in [0, 0.05) is 5.56 Å². The Labute approximate surface area is 118 Å². The lowest BCUT2D eigenvalue weighted by Crippen LogP contribution is -2.19. The van der Waals surface area contributed by atoms with Gasteiger partial charge in [-0.1, -0.05) is 18.2 Å². The van der Waals surface area contributed by atoms with E-state index in [0.29, 0.717) is 18.4 Å². The highest BCUT2D eigenvalue weighted by molar-refractivity contribution is 5.85. The maximum absolute atomic E-state index is 14.2. The molecule has 1 aliphatic carbocycles. The molecule has 0 heterocycles. The van der Waals surface area contributed by atoms with Gasteiger partial charge in [0.05, 0.1) is 5.41 Å². The van der Waals surface area contributed by atoms with Gasteiger partial charge in [-0.15, -0.1) is 0 Å². The molecule has 0 aromatic heterocycles. The van der Waals surface area contributed by atoms with E-state index in [1.54, 1.807) is 0 Å². The van der Waals surface area contributed by atoms with Crippen molar-refractivity contribution in [1.82, 2.24) is 0 Å². The molecular formula is C16H11F3O2. The van der Waals surface area contributed by atoms with Crippen LogP contribution in [0.1, 0.15) is 18.4 Å². The van der Waals surface area contributed by atoms with Crippen molar-refractivity contribution in [2.24, 2.45) is 0 Å². The van der Waals surface area contributed by atoms with E-state index in [2.05, 4.69) is 0 Å². The number of aliphatic carboxylic acids is 1. The summed E-state index contributed by atoms with van der Waals surface area (Å²) in [6, 6.07) is 7.22. The molecule has 108 valence electrons. The van der Waals surface area contributed by atoms with E-state index in [9.17, 15) is 23.1 Å². The van der Waals surface area contributed by atoms with Gasteiger partial charge in [-0.05, 0) is 42.2 Å². The van der Waals surface area contributed by atoms with Crippen LogP contribution < -0.4 is 0 Å². The quantitative estimate of drug-likeness (QED) is 0.932. The molecule has 0 amide bonds. The molecule has 0 spiro atoms. The Morgan fingerprint density at radius 1 is 0.952 bits per heavy atom. The molecule has 1 N–H and O–H groups in total. The molecule has 1 aliphatic rings. The monoisotopic (exact) mass is 292 g/mol. The zero-order valence-corrected chi connectivity index (χ0v) is 10.9. The minimum absolute atomic E-state index is 0.110. The van der Waals surface area contributed by atoms with Crippen molar-refractivity contribution in [3.63, 3.8) is 0 Å². The van der Waals surface area contributed by atoms with Gasteiger partial charge in [0.1, 0.15) is 5.82 Å². The molecule has 0 unspecified atom stereocenters. The van der Waals surface area contributed by atoms with Crippen molar-refractivity contribution in [3.8, 4) is 11.1 Å². The molecule has 0 bridgehead atoms. The number of carbonyl (C=O) groups is 1. The van der Waals surface area contributed by atoms with Crippen LogP contribution in [-0.4, -0.2) is 11.1 Å². The lowest BCUT2D eigenvalue weighted by Gasteiger charge is -2.12. The molecule has 3 rings (SSSR count). The van der Waals surface area contributed by atoms with Crippen LogP contribution in [0.4, 0.5) is 13.2 Å². The number of hydrogen-bond donors (Lipinski definition) is 1. The SMILES string of the molecule is O=C(O)C1(c2ccc(-c3ccc(F)c(F)c3)c(F)c2)CC1. The van der Waals surface area contributed by atoms with Gasteiger partial charge in [0.15, 0.2) is 11.6 Å². The number of halogens is 3. The Morgan fingerprint density at radius 3 is 2.19 bits per heavy atom. The molecule has 0 saturated heterocycles. The van der Waals surface area contributed by atoms with E-state index in [-0.39, 0.29) is 11.1 Å². The van der Waals surface area contributed by atoms with Crippen molar-refractivity contribution in [1.29, 1.82) is 0 Å². The first-order valence-corrected chi connectivity index (χ1v) is 6.43. The van der Waals surface area contributed by atoms with E-state index < -0.39 is 28.8 Å². The second-order valence-electron chi connectivity index (χ2n) is 5.21. The highest BCUT2D eigenvalue weighted by atomic mass is 19.2. The first-order valence-electron chi connectivity index (χ1n) is 6.43. The standard InChI is InChI=1S/C16H11F3O2/c17-12-4-1-9(7-14(12)19)11-3-2-10(8-13(11)18)16(5-6-16)15(20)21/h1-4,7-8H,5-6H2,(H,20,21). The van der Waals surface area contributed by atoms with Gasteiger partial charge < -0.3 is 5.11 Å². The molecule has 1 fully saturated rings. The molecule has 2 nitrogen and oxygen atoms in total. The van der Waals surface area contributed by atoms with Crippen molar-refractivity contribution in [2.75, 3.05) is 0 Å². The van der Waals surface area contributed by atoms with Crippen LogP contribution in [0.25, 0.3) is 11.1 Å². The number of benzene rings is 2. The summed E-state index contributed by atoms with van der Waals surface area (Å²) in [6.07, 6.45) is 0.957. The van der Waals surface area contributed by atoms with Crippen LogP contribution in [0.5, 0.6) is 0 Å². The largest absolute Gasteiger partial charge is 0.481 e. The summed E-state index contributed by atoms with van der Waals surface area (Å²) >= 11 is 0. The third kappa shape index (κ3) is 2.18. The second-order valence-corrected chi connectivity index (χ2v) is 5.21. The summed E-state index contributed by atoms with van der Waals surface area (Å²) in [4.78, 5) is 11.2. The smallest absolute Gasteiger partial charge is 0.314 e. The fourth-order valence-corrected chi connectivity index (χ4v) is 2.46. The third-order valence-electron chi connectivity index (χ3n) is 3.91. The minimum Gasteiger partial charge on any atom is -0.481 e. The summed E-state index contributed by atoms with van der Waals surface area (Å²) < 4.78 is 40.3. The summed E-state index contributed by atoms with van der Waals surface area (Å²) in [7, 11) is 0. The lowest BCUT2D eigenvalue weighted by molar-refractivity contribution is -0.140. The van der Waals surface area contributed by atoms with E-state index in [1.807, 2.05) is 0 Å². The third-order valence-corrected chi connectivity index (χ3v) is 3.91. The highest BCUT2D eigenvalue weighted by Crippen LogP contribution is 2.49. The van der Waals surface area contributed by atoms with Gasteiger partial charge in [-0.2, -0.15) is 0 Å². The first kappa shape index (κ1) is 13.7. The fraction of sp³-hybridized carbons (Fsp3) is 0.188. The fourth-order valence-electron chi connectivity index (χ4n) is 2.46. The highest BCUT2D eigenvalue weighted by Gasteiger charge is 2.51. The van der Waals surface area contributed by atoms with E-state index in [0.717, 1.165) is 18.2 Å². The van der Waals surface area contributed by atoms with Gasteiger partial charge in [-0.3, -0.25) is 4.79 Å². The zero-order chi connectivity index (χ0) is 15.2. The Morgan fingerprint density at radius 2 is 1.67 bits per heavy atom. The Bertz CT molecular complexity index is 736. The average molecular weight is 292 g/mol. The van der Waals surface area contributed by atoms with Crippen LogP contribution >= 0.6 is 0 Å². The van der Waals surface area contributed by atoms with Crippen LogP contribution in [0.3, 0.4) is 0 Å². The molecule has 1 saturated carbocycles. The van der Waals surface area contributed by atoms with E-state index in [4.69, 9.17) is 0 Å². The molecule has 0 radical (unpaired) electrons. The summed E-state index contributed by atoms with van der Waals surface area (Å²) in [6.45, 7) is 0. The van der Waals surface area contributed by atoms with Gasteiger partial charge in [-0.25, -0.2) is 13.2 Å². The Kier molecular flexibility index (Phi) is 3.01. The minimum atomic E-state index is -1.06. The number of hydrogen-bond acceptors (Lipinski definition) is 1. The molecule has 0 atom stereocenters. The second kappa shape index (κ2) is 4.62. The molecule has 21 heavy (non-hydrogen) atoms. The van der Waals surface area contributed by atoms with E-state index in [1.165, 1.54) is 18.2 Å². The lowest BCUT2D eigenvalue weighted by atomic mass is 9.93. The normalized spacial score (nSPS) is 15.8. The molecule has 0 aliphatic heterocycles. The predicted octanol–water partition coefficient (Wildman–Crippen LogP) is 3.89. The van der Waals surface area contributed by atoms with Crippen LogP contribution in [0.15, 0.2) is 36.4 Å².